The van der Waals surface area contributed by atoms with Crippen LogP contribution in [0.4, 0.5) is 43.9 Å². The fourth-order valence-electron chi connectivity index (χ4n) is 12.4. The van der Waals surface area contributed by atoms with E-state index in [4.69, 9.17) is 22.9 Å². The fraction of sp³-hybridized carbons (Fsp3) is 0.222. The third-order valence-electron chi connectivity index (χ3n) is 18.8. The Balaban J connectivity index is 0.000000226. The van der Waals surface area contributed by atoms with Gasteiger partial charge in [-0.2, -0.15) is 0 Å². The first-order valence-corrected chi connectivity index (χ1v) is 44.7. The van der Waals surface area contributed by atoms with Crippen LogP contribution in [0.3, 0.4) is 0 Å². The summed E-state index contributed by atoms with van der Waals surface area (Å²) >= 11 is 12.5. The summed E-state index contributed by atoms with van der Waals surface area (Å²) in [6, 6.07) is 71.5. The van der Waals surface area contributed by atoms with Crippen molar-refractivity contribution in [2.24, 2.45) is 0 Å². The number of unbranched alkanes of at least 4 members (excludes halogenated alkanes) is 18. The molecule has 0 atom stereocenters. The molecule has 0 saturated heterocycles. The second-order valence-electron chi connectivity index (χ2n) is 29.0. The van der Waals surface area contributed by atoms with Crippen LogP contribution in [0.25, 0.3) is 44.5 Å². The molecule has 0 aliphatic heterocycles. The highest BCUT2D eigenvalue weighted by molar-refractivity contribution is 14.1. The van der Waals surface area contributed by atoms with Gasteiger partial charge in [-0.1, -0.05) is 219 Å². The van der Waals surface area contributed by atoms with Crippen molar-refractivity contribution < 1.29 is 54.0 Å². The molecule has 12 rings (SSSR count). The molecular formula is C108H95BBr3F10IO2. The molecule has 0 aliphatic carbocycles. The molecule has 2 nitrogen and oxygen atoms in total. The molecule has 125 heavy (non-hydrogen) atoms. The second-order valence-corrected chi connectivity index (χ2v) is 33.0. The van der Waals surface area contributed by atoms with Gasteiger partial charge in [0.05, 0.1) is 0 Å². The van der Waals surface area contributed by atoms with Crippen molar-refractivity contribution in [3.05, 3.63) is 369 Å². The molecule has 12 aromatic rings. The van der Waals surface area contributed by atoms with Crippen molar-refractivity contribution in [2.45, 2.75) is 154 Å². The fourth-order valence-corrected chi connectivity index (χ4v) is 13.5. The summed E-state index contributed by atoms with van der Waals surface area (Å²) in [5, 5.41) is 17.0. The molecule has 0 radical (unpaired) electrons. The molecule has 12 aromatic carbocycles. The molecule has 2 N–H and O–H groups in total. The third kappa shape index (κ3) is 42.8. The Morgan fingerprint density at radius 2 is 0.456 bits per heavy atom. The number of hydrogen-bond donors (Lipinski definition) is 2. The monoisotopic (exact) mass is 1990 g/mol. The van der Waals surface area contributed by atoms with Crippen LogP contribution in [0.15, 0.2) is 274 Å². The highest BCUT2D eigenvalue weighted by Crippen LogP contribution is 2.28. The van der Waals surface area contributed by atoms with Crippen molar-refractivity contribution in [1.29, 1.82) is 0 Å². The standard InChI is InChI=1S/C33H32F4.C33H24F4.C21H18Br2.C9H12.C6H5BF2O2.C6H4BrI/c2*34-30-18-28(19-31(35)22-30)26-14-10-24(11-15-26)8-6-4-2-1-3-5-7-9-25-12-16-27(17-13-25)29-20-32(36)23-33(37)21-29;22-20-14-10-18(11-15-20)8-6-4-2-1-3-5-7-9-19-12-16-21(23)17-13-19;1-3-5-7-9-8-6-4-2;8-5-1-4(7(10)11)2-6(9)3-5;7-5-1-3-6(8)4-2-5/h10-23H,1-9H2;10-23H,1-5H2;10-17H,1-5H2;1-2H,5-9H2;1-3,10-11H;1-4H. The van der Waals surface area contributed by atoms with E-state index in [1.807, 2.05) is 158 Å². The van der Waals surface area contributed by atoms with E-state index in [2.05, 4.69) is 142 Å². The molecule has 0 heterocycles. The summed E-state index contributed by atoms with van der Waals surface area (Å²) in [4.78, 5) is 0. The van der Waals surface area contributed by atoms with E-state index in [-0.39, 0.29) is 5.46 Å². The van der Waals surface area contributed by atoms with Gasteiger partial charge in [-0.3, -0.25) is 0 Å². The highest BCUT2D eigenvalue weighted by atomic mass is 127. The van der Waals surface area contributed by atoms with E-state index in [0.29, 0.717) is 28.3 Å². The minimum absolute atomic E-state index is 0.192. The Morgan fingerprint density at radius 1 is 0.248 bits per heavy atom. The van der Waals surface area contributed by atoms with Crippen LogP contribution in [0, 0.1) is 134 Å². The lowest BCUT2D eigenvalue weighted by atomic mass is 9.80. The number of terminal acetylenes is 2. The Kier molecular flexibility index (Phi) is 47.6. The van der Waals surface area contributed by atoms with Crippen molar-refractivity contribution in [2.75, 3.05) is 0 Å². The van der Waals surface area contributed by atoms with E-state index < -0.39 is 65.3 Å². The zero-order valence-corrected chi connectivity index (χ0v) is 76.1. The summed E-state index contributed by atoms with van der Waals surface area (Å²) in [5.74, 6) is 24.4. The van der Waals surface area contributed by atoms with E-state index in [0.717, 1.165) is 203 Å². The Labute approximate surface area is 770 Å². The van der Waals surface area contributed by atoms with E-state index in [1.54, 1.807) is 0 Å². The Morgan fingerprint density at radius 3 is 0.696 bits per heavy atom. The Hall–Kier alpha value is -10.5. The normalized spacial score (nSPS) is 10.1. The predicted octanol–water partition coefficient (Wildman–Crippen LogP) is 30.5. The molecule has 17 heteroatoms. The van der Waals surface area contributed by atoms with Crippen LogP contribution < -0.4 is 5.46 Å². The maximum Gasteiger partial charge on any atom is 0.488 e. The SMILES string of the molecule is Brc1ccc(C#CCCCCCC#Cc2ccc(Br)cc2)cc1.Brc1ccc(I)cc1.C#CCCCCCC#C.Fc1cc(F)cc(-c2ccc(C#CCCCCCC#Cc3ccc(-c4cc(F)cc(F)c4)cc3)cc2)c1.Fc1cc(F)cc(-c2ccc(CCCCCCCCCc3ccc(-c4cc(F)cc(F)c4)cc3)cc2)c1.OB(O)c1cc(F)cc(F)c1. The van der Waals surface area contributed by atoms with Gasteiger partial charge in [0.1, 0.15) is 58.2 Å². The molecule has 0 fully saturated rings. The molecule has 0 aromatic heterocycles. The minimum atomic E-state index is -1.83. The molecule has 0 spiro atoms. The van der Waals surface area contributed by atoms with Gasteiger partial charge in [-0.05, 0) is 306 Å². The average molecular weight is 1990 g/mol. The third-order valence-corrected chi connectivity index (χ3v) is 21.2. The molecule has 640 valence electrons. The number of benzene rings is 12. The summed E-state index contributed by atoms with van der Waals surface area (Å²) < 4.78 is 137. The molecule has 0 bridgehead atoms. The zero-order chi connectivity index (χ0) is 89.8. The number of halogens is 14. The molecule has 0 aliphatic rings. The van der Waals surface area contributed by atoms with Gasteiger partial charge >= 0.3 is 7.12 Å². The van der Waals surface area contributed by atoms with Crippen molar-refractivity contribution in [1.82, 2.24) is 0 Å². The number of rotatable bonds is 27. The van der Waals surface area contributed by atoms with Crippen LogP contribution in [0.2, 0.25) is 0 Å². The second kappa shape index (κ2) is 58.6. The molecule has 0 amide bonds. The van der Waals surface area contributed by atoms with Gasteiger partial charge in [0.15, 0.2) is 0 Å². The smallest absolute Gasteiger partial charge is 0.423 e. The highest BCUT2D eigenvalue weighted by Gasteiger charge is 2.14. The van der Waals surface area contributed by atoms with Crippen LogP contribution in [-0.4, -0.2) is 17.2 Å². The van der Waals surface area contributed by atoms with E-state index in [1.165, 1.54) is 108 Å². The lowest BCUT2D eigenvalue weighted by molar-refractivity contribution is 0.425. The lowest BCUT2D eigenvalue weighted by Crippen LogP contribution is -2.30. The van der Waals surface area contributed by atoms with Gasteiger partial charge in [-0.15, -0.1) is 24.7 Å². The van der Waals surface area contributed by atoms with Crippen molar-refractivity contribution in [3.63, 3.8) is 0 Å². The van der Waals surface area contributed by atoms with Crippen molar-refractivity contribution in [3.8, 4) is 117 Å². The summed E-state index contributed by atoms with van der Waals surface area (Å²) in [6.07, 6.45) is 35.6. The number of aryl methyl sites for hydroxylation is 2. The first kappa shape index (κ1) is 102. The van der Waals surface area contributed by atoms with Gasteiger partial charge in [0.25, 0.3) is 0 Å². The quantitative estimate of drug-likeness (QED) is 0.0177. The van der Waals surface area contributed by atoms with Crippen molar-refractivity contribution >= 4 is 83.0 Å². The first-order chi connectivity index (χ1) is 60.4. The lowest BCUT2D eigenvalue weighted by Gasteiger charge is -2.07. The van der Waals surface area contributed by atoms with Crippen LogP contribution >= 0.6 is 70.4 Å². The minimum Gasteiger partial charge on any atom is -0.423 e. The predicted molar refractivity (Wildman–Crippen MR) is 513 cm³/mol. The largest absolute Gasteiger partial charge is 0.488 e. The van der Waals surface area contributed by atoms with Crippen LogP contribution in [0.5, 0.6) is 0 Å². The van der Waals surface area contributed by atoms with E-state index in [9.17, 15) is 43.9 Å². The molecular weight excluding hydrogens is 1900 g/mol. The maximum absolute atomic E-state index is 13.4. The average Bonchev–Trinajstić information content (AvgIpc) is 0.853. The van der Waals surface area contributed by atoms with Crippen LogP contribution in [-0.2, 0) is 12.8 Å². The topological polar surface area (TPSA) is 40.5 Å². The van der Waals surface area contributed by atoms with Gasteiger partial charge in [0.2, 0.25) is 0 Å². The summed E-state index contributed by atoms with van der Waals surface area (Å²) in [5.41, 5.74) is 11.4. The summed E-state index contributed by atoms with van der Waals surface area (Å²) in [7, 11) is -1.83. The first-order valence-electron chi connectivity index (χ1n) is 41.3. The van der Waals surface area contributed by atoms with Gasteiger partial charge in [0, 0.05) is 108 Å². The zero-order valence-electron chi connectivity index (χ0n) is 69.2. The Bertz CT molecular complexity index is 5220. The number of hydrogen-bond acceptors (Lipinski definition) is 2. The van der Waals surface area contributed by atoms with Crippen LogP contribution in [0.1, 0.15) is 175 Å². The maximum atomic E-state index is 13.4. The van der Waals surface area contributed by atoms with E-state index >= 15 is 0 Å². The summed E-state index contributed by atoms with van der Waals surface area (Å²) in [6.45, 7) is 0. The van der Waals surface area contributed by atoms with Gasteiger partial charge < -0.3 is 10.0 Å². The molecule has 0 saturated carbocycles. The van der Waals surface area contributed by atoms with Gasteiger partial charge in [-0.25, -0.2) is 43.9 Å². The molecule has 0 unspecified atom stereocenters.